The molecule has 0 heterocycles. The summed E-state index contributed by atoms with van der Waals surface area (Å²) in [4.78, 5) is 7.16. The van der Waals surface area contributed by atoms with Gasteiger partial charge < -0.3 is 10.6 Å². The summed E-state index contributed by atoms with van der Waals surface area (Å²) in [5.74, 6) is 0.933. The Kier molecular flexibility index (Phi) is 17.0. The lowest BCUT2D eigenvalue weighted by atomic mass is 10.2. The highest BCUT2D eigenvalue weighted by Gasteiger charge is 2.11. The summed E-state index contributed by atoms with van der Waals surface area (Å²) in [6.07, 6.45) is 6.38. The lowest BCUT2D eigenvalue weighted by molar-refractivity contribution is 0.174. The molecule has 0 fully saturated rings. The third kappa shape index (κ3) is 12.3. The van der Waals surface area contributed by atoms with Crippen molar-refractivity contribution in [3.05, 3.63) is 12.2 Å². The van der Waals surface area contributed by atoms with Crippen molar-refractivity contribution < 1.29 is 0 Å². The number of halogens is 1. The quantitative estimate of drug-likeness (QED) is 0.185. The van der Waals surface area contributed by atoms with E-state index in [2.05, 4.69) is 74.2 Å². The lowest BCUT2D eigenvalue weighted by Crippen LogP contribution is -2.39. The molecular weight excluding hydrogens is 387 g/mol. The highest BCUT2D eigenvalue weighted by Crippen LogP contribution is 2.05. The van der Waals surface area contributed by atoms with Crippen LogP contribution in [0.4, 0.5) is 0 Å². The zero-order chi connectivity index (χ0) is 16.1. The summed E-state index contributed by atoms with van der Waals surface area (Å²) in [7, 11) is 0. The van der Waals surface area contributed by atoms with Crippen molar-refractivity contribution in [2.45, 2.75) is 66.5 Å². The number of nitrogens with zero attached hydrogens (tertiary/aromatic N) is 2. The van der Waals surface area contributed by atoms with E-state index in [0.717, 1.165) is 45.0 Å². The first-order chi connectivity index (χ1) is 10.0. The Morgan fingerprint density at radius 3 is 2.27 bits per heavy atom. The Morgan fingerprint density at radius 1 is 1.14 bits per heavy atom. The summed E-state index contributed by atoms with van der Waals surface area (Å²) in [6, 6.07) is 1.20. The number of guanidine groups is 1. The number of rotatable bonds is 10. The molecule has 0 saturated heterocycles. The maximum absolute atomic E-state index is 4.65. The van der Waals surface area contributed by atoms with E-state index in [1.807, 2.05) is 0 Å². The molecule has 0 aromatic rings. The molecule has 0 aliphatic heterocycles. The van der Waals surface area contributed by atoms with Gasteiger partial charge in [-0.05, 0) is 54.4 Å². The van der Waals surface area contributed by atoms with Gasteiger partial charge in [0.2, 0.25) is 0 Å². The van der Waals surface area contributed by atoms with Gasteiger partial charge in [-0.2, -0.15) is 0 Å². The zero-order valence-corrected chi connectivity index (χ0v) is 17.7. The molecule has 132 valence electrons. The fourth-order valence-corrected chi connectivity index (χ4v) is 2.34. The van der Waals surface area contributed by atoms with Gasteiger partial charge in [-0.1, -0.05) is 12.2 Å². The number of hydrogen-bond acceptors (Lipinski definition) is 2. The molecular formula is C17H37IN4. The van der Waals surface area contributed by atoms with E-state index in [4.69, 9.17) is 0 Å². The minimum atomic E-state index is 0. The molecule has 4 nitrogen and oxygen atoms in total. The molecule has 0 amide bonds. The van der Waals surface area contributed by atoms with Crippen molar-refractivity contribution in [3.8, 4) is 0 Å². The van der Waals surface area contributed by atoms with Crippen LogP contribution in [0.3, 0.4) is 0 Å². The minimum absolute atomic E-state index is 0. The summed E-state index contributed by atoms with van der Waals surface area (Å²) >= 11 is 0. The van der Waals surface area contributed by atoms with E-state index < -0.39 is 0 Å². The van der Waals surface area contributed by atoms with Crippen LogP contribution in [0.2, 0.25) is 0 Å². The Labute approximate surface area is 155 Å². The lowest BCUT2D eigenvalue weighted by Gasteiger charge is -2.30. The first-order valence-electron chi connectivity index (χ1n) is 8.42. The van der Waals surface area contributed by atoms with E-state index >= 15 is 0 Å². The smallest absolute Gasteiger partial charge is 0.191 e. The van der Waals surface area contributed by atoms with Gasteiger partial charge in [0, 0.05) is 38.3 Å². The molecule has 0 aliphatic carbocycles. The summed E-state index contributed by atoms with van der Waals surface area (Å²) in [6.45, 7) is 17.0. The van der Waals surface area contributed by atoms with Crippen molar-refractivity contribution in [1.82, 2.24) is 15.5 Å². The van der Waals surface area contributed by atoms with Gasteiger partial charge in [0.25, 0.3) is 0 Å². The predicted octanol–water partition coefficient (Wildman–Crippen LogP) is 3.63. The molecule has 0 saturated carbocycles. The Balaban J connectivity index is 0. The summed E-state index contributed by atoms with van der Waals surface area (Å²) in [5.41, 5.74) is 0. The molecule has 5 heteroatoms. The summed E-state index contributed by atoms with van der Waals surface area (Å²) < 4.78 is 0. The Morgan fingerprint density at radius 2 is 1.77 bits per heavy atom. The zero-order valence-electron chi connectivity index (χ0n) is 15.4. The molecule has 22 heavy (non-hydrogen) atoms. The minimum Gasteiger partial charge on any atom is -0.357 e. The molecule has 0 rings (SSSR count). The van der Waals surface area contributed by atoms with Crippen LogP contribution >= 0.6 is 24.0 Å². The molecule has 0 aliphatic rings. The second-order valence-corrected chi connectivity index (χ2v) is 5.82. The molecule has 0 aromatic heterocycles. The van der Waals surface area contributed by atoms with Gasteiger partial charge in [-0.15, -0.1) is 24.0 Å². The van der Waals surface area contributed by atoms with Gasteiger partial charge >= 0.3 is 0 Å². The Bertz CT molecular complexity index is 293. The molecule has 0 spiro atoms. The monoisotopic (exact) mass is 424 g/mol. The number of nitrogens with one attached hydrogen (secondary N) is 2. The predicted molar refractivity (Wildman–Crippen MR) is 110 cm³/mol. The van der Waals surface area contributed by atoms with Crippen molar-refractivity contribution in [1.29, 1.82) is 0 Å². The second-order valence-electron chi connectivity index (χ2n) is 5.82. The fourth-order valence-electron chi connectivity index (χ4n) is 2.34. The largest absolute Gasteiger partial charge is 0.357 e. The van der Waals surface area contributed by atoms with Crippen LogP contribution in [-0.2, 0) is 0 Å². The molecule has 0 unspecified atom stereocenters. The van der Waals surface area contributed by atoms with Crippen LogP contribution in [0.15, 0.2) is 17.1 Å². The third-order valence-electron chi connectivity index (χ3n) is 3.35. The van der Waals surface area contributed by atoms with Gasteiger partial charge in [-0.3, -0.25) is 9.89 Å². The van der Waals surface area contributed by atoms with Crippen LogP contribution in [0.5, 0.6) is 0 Å². The highest BCUT2D eigenvalue weighted by atomic mass is 127. The van der Waals surface area contributed by atoms with E-state index in [0.29, 0.717) is 12.1 Å². The maximum Gasteiger partial charge on any atom is 0.191 e. The first-order valence-corrected chi connectivity index (χ1v) is 8.42. The van der Waals surface area contributed by atoms with Crippen LogP contribution < -0.4 is 10.6 Å². The summed E-state index contributed by atoms with van der Waals surface area (Å²) in [5, 5.41) is 6.66. The average Bonchev–Trinajstić information content (AvgIpc) is 2.42. The van der Waals surface area contributed by atoms with Crippen LogP contribution in [-0.4, -0.2) is 49.1 Å². The van der Waals surface area contributed by atoms with Crippen molar-refractivity contribution >= 4 is 29.9 Å². The topological polar surface area (TPSA) is 39.7 Å². The van der Waals surface area contributed by atoms with Crippen molar-refractivity contribution in [2.75, 3.05) is 26.2 Å². The molecule has 2 N–H and O–H groups in total. The highest BCUT2D eigenvalue weighted by molar-refractivity contribution is 14.0. The molecule has 0 bridgehead atoms. The number of allylic oxidation sites excluding steroid dienone is 1. The van der Waals surface area contributed by atoms with Crippen LogP contribution in [0, 0.1) is 0 Å². The molecule has 0 aromatic carbocycles. The van der Waals surface area contributed by atoms with Gasteiger partial charge in [-0.25, -0.2) is 0 Å². The van der Waals surface area contributed by atoms with Gasteiger partial charge in [0.15, 0.2) is 5.96 Å². The first kappa shape index (κ1) is 24.0. The van der Waals surface area contributed by atoms with Gasteiger partial charge in [0.1, 0.15) is 0 Å². The Hall–Kier alpha value is -0.300. The SMILES string of the molecule is C/C=C/CCNC(=NCCCN(C(C)C)C(C)C)NCC.I. The third-order valence-corrected chi connectivity index (χ3v) is 3.35. The van der Waals surface area contributed by atoms with Crippen molar-refractivity contribution in [2.24, 2.45) is 4.99 Å². The van der Waals surface area contributed by atoms with Crippen LogP contribution in [0.25, 0.3) is 0 Å². The fraction of sp³-hybridized carbons (Fsp3) is 0.824. The molecule has 0 atom stereocenters. The van der Waals surface area contributed by atoms with E-state index in [1.54, 1.807) is 0 Å². The van der Waals surface area contributed by atoms with E-state index in [1.165, 1.54) is 0 Å². The normalized spacial score (nSPS) is 12.3. The van der Waals surface area contributed by atoms with E-state index in [-0.39, 0.29) is 24.0 Å². The number of hydrogen-bond donors (Lipinski definition) is 2. The number of aliphatic imine (C=N–C) groups is 1. The second kappa shape index (κ2) is 15.6. The van der Waals surface area contributed by atoms with E-state index in [9.17, 15) is 0 Å². The van der Waals surface area contributed by atoms with Gasteiger partial charge in [0.05, 0.1) is 0 Å². The standard InChI is InChI=1S/C17H36N4.HI/c1-7-9-10-12-19-17(18-8-2)20-13-11-14-21(15(3)4)16(5)6;/h7,9,15-16H,8,10-14H2,1-6H3,(H2,18,19,20);1H/b9-7+;. The average molecular weight is 424 g/mol. The van der Waals surface area contributed by atoms with Crippen molar-refractivity contribution in [3.63, 3.8) is 0 Å². The maximum atomic E-state index is 4.65. The van der Waals surface area contributed by atoms with Crippen LogP contribution in [0.1, 0.15) is 54.4 Å². The molecule has 0 radical (unpaired) electrons.